The summed E-state index contributed by atoms with van der Waals surface area (Å²) in [4.78, 5) is 14.6. The molecule has 120 valence electrons. The number of nitrogens with zero attached hydrogens (tertiary/aromatic N) is 1. The molecule has 1 aliphatic rings. The Bertz CT molecular complexity index is 636. The summed E-state index contributed by atoms with van der Waals surface area (Å²) >= 11 is 0. The fourth-order valence-corrected chi connectivity index (χ4v) is 3.27. The Morgan fingerprint density at radius 3 is 2.57 bits per heavy atom. The summed E-state index contributed by atoms with van der Waals surface area (Å²) in [7, 11) is 0. The van der Waals surface area contributed by atoms with Gasteiger partial charge in [-0.3, -0.25) is 0 Å². The monoisotopic (exact) mass is 308 g/mol. The first kappa shape index (κ1) is 15.6. The van der Waals surface area contributed by atoms with Crippen molar-refractivity contribution in [3.05, 3.63) is 65.7 Å². The molecule has 3 rings (SSSR count). The van der Waals surface area contributed by atoms with Gasteiger partial charge in [0, 0.05) is 12.2 Å². The summed E-state index contributed by atoms with van der Waals surface area (Å²) < 4.78 is 0. The van der Waals surface area contributed by atoms with E-state index in [1.807, 2.05) is 35.2 Å². The summed E-state index contributed by atoms with van der Waals surface area (Å²) in [5.74, 6) is 0. The number of urea groups is 1. The standard InChI is InChI=1S/C20H24N2O/c1-2-7-16-11-13-18(14-12-16)21-20(23)22-15-6-10-19(22)17-8-4-3-5-9-17/h3-5,8-9,11-14,19H,2,6-7,10,15H2,1H3,(H,21,23). The molecule has 2 amide bonds. The number of rotatable bonds is 4. The van der Waals surface area contributed by atoms with E-state index in [0.717, 1.165) is 37.9 Å². The molecule has 3 nitrogen and oxygen atoms in total. The molecular formula is C20H24N2O. The molecule has 1 aliphatic heterocycles. The van der Waals surface area contributed by atoms with E-state index in [-0.39, 0.29) is 12.1 Å². The summed E-state index contributed by atoms with van der Waals surface area (Å²) in [6.07, 6.45) is 4.31. The number of hydrogen-bond donors (Lipinski definition) is 1. The fourth-order valence-electron chi connectivity index (χ4n) is 3.27. The molecule has 0 aliphatic carbocycles. The zero-order valence-electron chi connectivity index (χ0n) is 13.7. The van der Waals surface area contributed by atoms with Crippen LogP contribution in [0.25, 0.3) is 0 Å². The van der Waals surface area contributed by atoms with Gasteiger partial charge in [-0.1, -0.05) is 55.8 Å². The van der Waals surface area contributed by atoms with Crippen LogP contribution in [0.2, 0.25) is 0 Å². The fraction of sp³-hybridized carbons (Fsp3) is 0.350. The molecule has 1 N–H and O–H groups in total. The molecule has 0 radical (unpaired) electrons. The topological polar surface area (TPSA) is 32.3 Å². The Morgan fingerprint density at radius 2 is 1.87 bits per heavy atom. The smallest absolute Gasteiger partial charge is 0.317 e. The molecule has 3 heteroatoms. The van der Waals surface area contributed by atoms with Crippen LogP contribution in [0.4, 0.5) is 10.5 Å². The van der Waals surface area contributed by atoms with E-state index in [4.69, 9.17) is 0 Å². The average Bonchev–Trinajstić information content (AvgIpc) is 3.07. The highest BCUT2D eigenvalue weighted by molar-refractivity contribution is 5.89. The minimum Gasteiger partial charge on any atom is -0.317 e. The Morgan fingerprint density at radius 1 is 1.13 bits per heavy atom. The van der Waals surface area contributed by atoms with E-state index in [9.17, 15) is 4.79 Å². The molecule has 2 aromatic rings. The van der Waals surface area contributed by atoms with Crippen LogP contribution in [0.3, 0.4) is 0 Å². The lowest BCUT2D eigenvalue weighted by Crippen LogP contribution is -2.34. The number of anilines is 1. The first-order chi connectivity index (χ1) is 11.3. The van der Waals surface area contributed by atoms with Crippen LogP contribution in [0, 0.1) is 0 Å². The van der Waals surface area contributed by atoms with Crippen molar-refractivity contribution in [2.45, 2.75) is 38.6 Å². The Kier molecular flexibility index (Phi) is 4.96. The quantitative estimate of drug-likeness (QED) is 0.846. The SMILES string of the molecule is CCCc1ccc(NC(=O)N2CCCC2c2ccccc2)cc1. The second kappa shape index (κ2) is 7.32. The predicted octanol–water partition coefficient (Wildman–Crippen LogP) is 5.01. The number of carbonyl (C=O) groups excluding carboxylic acids is 1. The Hall–Kier alpha value is -2.29. The predicted molar refractivity (Wildman–Crippen MR) is 94.6 cm³/mol. The molecule has 1 fully saturated rings. The highest BCUT2D eigenvalue weighted by Gasteiger charge is 2.29. The second-order valence-electron chi connectivity index (χ2n) is 6.14. The molecule has 0 aromatic heterocycles. The van der Waals surface area contributed by atoms with Gasteiger partial charge >= 0.3 is 6.03 Å². The van der Waals surface area contributed by atoms with E-state index in [1.165, 1.54) is 11.1 Å². The molecule has 23 heavy (non-hydrogen) atoms. The van der Waals surface area contributed by atoms with Gasteiger partial charge < -0.3 is 10.2 Å². The normalized spacial score (nSPS) is 17.3. The van der Waals surface area contributed by atoms with Crippen molar-refractivity contribution in [3.8, 4) is 0 Å². The van der Waals surface area contributed by atoms with Crippen molar-refractivity contribution < 1.29 is 4.79 Å². The van der Waals surface area contributed by atoms with Crippen LogP contribution >= 0.6 is 0 Å². The van der Waals surface area contributed by atoms with Crippen LogP contribution in [-0.2, 0) is 6.42 Å². The maximum Gasteiger partial charge on any atom is 0.322 e. The number of likely N-dealkylation sites (tertiary alicyclic amines) is 1. The lowest BCUT2D eigenvalue weighted by atomic mass is 10.1. The van der Waals surface area contributed by atoms with Crippen molar-refractivity contribution in [1.29, 1.82) is 0 Å². The summed E-state index contributed by atoms with van der Waals surface area (Å²) in [6, 6.07) is 18.7. The van der Waals surface area contributed by atoms with E-state index >= 15 is 0 Å². The zero-order valence-corrected chi connectivity index (χ0v) is 13.7. The van der Waals surface area contributed by atoms with Gasteiger partial charge in [-0.25, -0.2) is 4.79 Å². The summed E-state index contributed by atoms with van der Waals surface area (Å²) in [6.45, 7) is 2.99. The van der Waals surface area contributed by atoms with Gasteiger partial charge in [0.2, 0.25) is 0 Å². The largest absolute Gasteiger partial charge is 0.322 e. The zero-order chi connectivity index (χ0) is 16.1. The molecule has 0 saturated carbocycles. The molecule has 0 spiro atoms. The third-order valence-corrected chi connectivity index (χ3v) is 4.44. The second-order valence-corrected chi connectivity index (χ2v) is 6.14. The van der Waals surface area contributed by atoms with Crippen LogP contribution in [0.1, 0.15) is 43.4 Å². The van der Waals surface area contributed by atoms with Gasteiger partial charge in [0.1, 0.15) is 0 Å². The molecule has 2 aromatic carbocycles. The third-order valence-electron chi connectivity index (χ3n) is 4.44. The molecule has 1 saturated heterocycles. The lowest BCUT2D eigenvalue weighted by Gasteiger charge is -2.25. The third kappa shape index (κ3) is 3.73. The van der Waals surface area contributed by atoms with Crippen molar-refractivity contribution in [2.75, 3.05) is 11.9 Å². The van der Waals surface area contributed by atoms with E-state index < -0.39 is 0 Å². The van der Waals surface area contributed by atoms with Gasteiger partial charge in [-0.15, -0.1) is 0 Å². The number of amides is 2. The van der Waals surface area contributed by atoms with Gasteiger partial charge in [-0.2, -0.15) is 0 Å². The minimum absolute atomic E-state index is 0.000375. The number of hydrogen-bond acceptors (Lipinski definition) is 1. The number of benzene rings is 2. The first-order valence-corrected chi connectivity index (χ1v) is 8.49. The van der Waals surface area contributed by atoms with Gasteiger partial charge in [0.05, 0.1) is 6.04 Å². The number of carbonyl (C=O) groups is 1. The van der Waals surface area contributed by atoms with Gasteiger partial charge in [0.25, 0.3) is 0 Å². The number of aryl methyl sites for hydroxylation is 1. The molecule has 1 unspecified atom stereocenters. The van der Waals surface area contributed by atoms with Crippen LogP contribution in [0.15, 0.2) is 54.6 Å². The van der Waals surface area contributed by atoms with Crippen LogP contribution in [0.5, 0.6) is 0 Å². The van der Waals surface area contributed by atoms with E-state index in [2.05, 4.69) is 36.5 Å². The minimum atomic E-state index is -0.000375. The molecular weight excluding hydrogens is 284 g/mol. The maximum atomic E-state index is 12.6. The van der Waals surface area contributed by atoms with Gasteiger partial charge in [-0.05, 0) is 42.5 Å². The number of nitrogens with one attached hydrogen (secondary N) is 1. The molecule has 1 heterocycles. The Labute approximate surface area is 138 Å². The summed E-state index contributed by atoms with van der Waals surface area (Å²) in [5, 5.41) is 3.04. The highest BCUT2D eigenvalue weighted by atomic mass is 16.2. The lowest BCUT2D eigenvalue weighted by molar-refractivity contribution is 0.207. The van der Waals surface area contributed by atoms with Crippen LogP contribution < -0.4 is 5.32 Å². The van der Waals surface area contributed by atoms with Crippen molar-refractivity contribution >= 4 is 11.7 Å². The van der Waals surface area contributed by atoms with Crippen LogP contribution in [-0.4, -0.2) is 17.5 Å². The molecule has 0 bridgehead atoms. The van der Waals surface area contributed by atoms with E-state index in [0.29, 0.717) is 0 Å². The first-order valence-electron chi connectivity index (χ1n) is 8.49. The Balaban J connectivity index is 1.67. The maximum absolute atomic E-state index is 12.6. The van der Waals surface area contributed by atoms with Gasteiger partial charge in [0.15, 0.2) is 0 Å². The van der Waals surface area contributed by atoms with Crippen molar-refractivity contribution in [1.82, 2.24) is 4.90 Å². The van der Waals surface area contributed by atoms with E-state index in [1.54, 1.807) is 0 Å². The van der Waals surface area contributed by atoms with Crippen molar-refractivity contribution in [3.63, 3.8) is 0 Å². The average molecular weight is 308 g/mol. The highest BCUT2D eigenvalue weighted by Crippen LogP contribution is 2.32. The molecule has 1 atom stereocenters. The van der Waals surface area contributed by atoms with Crippen molar-refractivity contribution in [2.24, 2.45) is 0 Å². The summed E-state index contributed by atoms with van der Waals surface area (Å²) in [5.41, 5.74) is 3.40.